The van der Waals surface area contributed by atoms with Crippen molar-refractivity contribution in [3.8, 4) is 0 Å². The lowest BCUT2D eigenvalue weighted by Gasteiger charge is -2.37. The van der Waals surface area contributed by atoms with Crippen LogP contribution in [0.2, 0.25) is 5.15 Å². The van der Waals surface area contributed by atoms with Gasteiger partial charge in [-0.15, -0.1) is 0 Å². The number of aryl methyl sites for hydroxylation is 1. The second-order valence-electron chi connectivity index (χ2n) is 5.36. The van der Waals surface area contributed by atoms with E-state index in [0.717, 1.165) is 30.2 Å². The maximum atomic E-state index is 6.26. The Kier molecular flexibility index (Phi) is 5.03. The molecular weight excluding hydrogens is 258 g/mol. The van der Waals surface area contributed by atoms with Crippen LogP contribution in [0, 0.1) is 6.92 Å². The van der Waals surface area contributed by atoms with Gasteiger partial charge in [0.25, 0.3) is 0 Å². The SMILES string of the molecule is CCCC1CCCCN1c1nc(CC)nc(Cl)c1C. The number of aromatic nitrogens is 2. The Morgan fingerprint density at radius 3 is 2.74 bits per heavy atom. The summed E-state index contributed by atoms with van der Waals surface area (Å²) in [5.41, 5.74) is 1.03. The summed E-state index contributed by atoms with van der Waals surface area (Å²) in [6.45, 7) is 7.46. The molecule has 0 N–H and O–H groups in total. The van der Waals surface area contributed by atoms with Crippen LogP contribution >= 0.6 is 11.6 Å². The Bertz CT molecular complexity index is 432. The van der Waals surface area contributed by atoms with Gasteiger partial charge in [-0.05, 0) is 32.6 Å². The van der Waals surface area contributed by atoms with Crippen molar-refractivity contribution in [3.05, 3.63) is 16.5 Å². The molecule has 0 spiro atoms. The van der Waals surface area contributed by atoms with Gasteiger partial charge < -0.3 is 4.90 Å². The molecule has 1 aromatic heterocycles. The van der Waals surface area contributed by atoms with E-state index >= 15 is 0 Å². The van der Waals surface area contributed by atoms with E-state index in [1.165, 1.54) is 32.1 Å². The molecule has 0 bridgehead atoms. The number of piperidine rings is 1. The number of rotatable bonds is 4. The van der Waals surface area contributed by atoms with E-state index in [2.05, 4.69) is 23.7 Å². The number of nitrogens with zero attached hydrogens (tertiary/aromatic N) is 3. The molecule has 1 fully saturated rings. The summed E-state index contributed by atoms with van der Waals surface area (Å²) in [6, 6.07) is 0.619. The molecule has 4 heteroatoms. The van der Waals surface area contributed by atoms with Gasteiger partial charge in [-0.1, -0.05) is 31.9 Å². The maximum absolute atomic E-state index is 6.26. The first-order valence-corrected chi connectivity index (χ1v) is 7.84. The molecule has 106 valence electrons. The van der Waals surface area contributed by atoms with Crippen molar-refractivity contribution in [2.75, 3.05) is 11.4 Å². The highest BCUT2D eigenvalue weighted by atomic mass is 35.5. The van der Waals surface area contributed by atoms with Crippen molar-refractivity contribution >= 4 is 17.4 Å². The largest absolute Gasteiger partial charge is 0.353 e. The molecule has 0 saturated carbocycles. The Morgan fingerprint density at radius 1 is 1.26 bits per heavy atom. The van der Waals surface area contributed by atoms with Gasteiger partial charge in [-0.2, -0.15) is 0 Å². The molecule has 1 aliphatic heterocycles. The average molecular weight is 282 g/mol. The molecule has 0 aliphatic carbocycles. The molecule has 3 nitrogen and oxygen atoms in total. The van der Waals surface area contributed by atoms with Crippen LogP contribution in [0.25, 0.3) is 0 Å². The summed E-state index contributed by atoms with van der Waals surface area (Å²) in [7, 11) is 0. The first-order chi connectivity index (χ1) is 9.17. The molecule has 1 saturated heterocycles. The van der Waals surface area contributed by atoms with Crippen LogP contribution < -0.4 is 4.90 Å². The first kappa shape index (κ1) is 14.6. The lowest BCUT2D eigenvalue weighted by atomic mass is 9.98. The highest BCUT2D eigenvalue weighted by Gasteiger charge is 2.25. The lowest BCUT2D eigenvalue weighted by molar-refractivity contribution is 0.430. The molecule has 0 aromatic carbocycles. The van der Waals surface area contributed by atoms with Gasteiger partial charge in [0.15, 0.2) is 0 Å². The molecule has 2 rings (SSSR count). The van der Waals surface area contributed by atoms with Crippen LogP contribution in [0.5, 0.6) is 0 Å². The second-order valence-corrected chi connectivity index (χ2v) is 5.72. The quantitative estimate of drug-likeness (QED) is 0.776. The van der Waals surface area contributed by atoms with Gasteiger partial charge in [0.05, 0.1) is 0 Å². The molecule has 1 unspecified atom stereocenters. The maximum Gasteiger partial charge on any atom is 0.137 e. The summed E-state index contributed by atoms with van der Waals surface area (Å²) in [6.07, 6.45) is 7.15. The van der Waals surface area contributed by atoms with Crippen LogP contribution in [-0.2, 0) is 6.42 Å². The van der Waals surface area contributed by atoms with Gasteiger partial charge in [0, 0.05) is 24.6 Å². The molecule has 1 aromatic rings. The Hall–Kier alpha value is -0.830. The fraction of sp³-hybridized carbons (Fsp3) is 0.733. The number of anilines is 1. The van der Waals surface area contributed by atoms with Crippen molar-refractivity contribution in [2.45, 2.75) is 65.3 Å². The molecule has 1 atom stereocenters. The normalized spacial score (nSPS) is 19.8. The minimum atomic E-state index is 0.614. The topological polar surface area (TPSA) is 29.0 Å². The molecule has 0 radical (unpaired) electrons. The van der Waals surface area contributed by atoms with Crippen molar-refractivity contribution in [3.63, 3.8) is 0 Å². The van der Waals surface area contributed by atoms with Crippen LogP contribution in [0.4, 0.5) is 5.82 Å². The van der Waals surface area contributed by atoms with Crippen molar-refractivity contribution < 1.29 is 0 Å². The third-order valence-corrected chi connectivity index (χ3v) is 4.31. The Labute approximate surface area is 121 Å². The van der Waals surface area contributed by atoms with Crippen molar-refractivity contribution in [1.29, 1.82) is 0 Å². The highest BCUT2D eigenvalue weighted by Crippen LogP contribution is 2.30. The zero-order valence-electron chi connectivity index (χ0n) is 12.2. The molecule has 1 aliphatic rings. The third kappa shape index (κ3) is 3.19. The fourth-order valence-corrected chi connectivity index (χ4v) is 3.05. The minimum absolute atomic E-state index is 0.614. The lowest BCUT2D eigenvalue weighted by Crippen LogP contribution is -2.40. The summed E-state index contributed by atoms with van der Waals surface area (Å²) < 4.78 is 0. The van der Waals surface area contributed by atoms with Crippen LogP contribution in [0.1, 0.15) is 57.3 Å². The summed E-state index contributed by atoms with van der Waals surface area (Å²) in [5, 5.41) is 0.614. The van der Waals surface area contributed by atoms with Gasteiger partial charge in [0.2, 0.25) is 0 Å². The summed E-state index contributed by atoms with van der Waals surface area (Å²) in [4.78, 5) is 11.6. The molecule has 2 heterocycles. The van der Waals surface area contributed by atoms with Gasteiger partial charge in [0.1, 0.15) is 16.8 Å². The van der Waals surface area contributed by atoms with E-state index in [9.17, 15) is 0 Å². The standard InChI is InChI=1S/C15H24ClN3/c1-4-8-12-9-6-7-10-19(12)15-11(3)14(16)17-13(5-2)18-15/h12H,4-10H2,1-3H3. The highest BCUT2D eigenvalue weighted by molar-refractivity contribution is 6.30. The second kappa shape index (κ2) is 6.56. The monoisotopic (exact) mass is 281 g/mol. The van der Waals surface area contributed by atoms with Crippen LogP contribution in [0.15, 0.2) is 0 Å². The zero-order chi connectivity index (χ0) is 13.8. The number of hydrogen-bond donors (Lipinski definition) is 0. The van der Waals surface area contributed by atoms with E-state index in [0.29, 0.717) is 11.2 Å². The van der Waals surface area contributed by atoms with Gasteiger partial charge in [-0.3, -0.25) is 0 Å². The van der Waals surface area contributed by atoms with E-state index < -0.39 is 0 Å². The van der Waals surface area contributed by atoms with Crippen LogP contribution in [0.3, 0.4) is 0 Å². The van der Waals surface area contributed by atoms with Crippen LogP contribution in [-0.4, -0.2) is 22.6 Å². The predicted molar refractivity (Wildman–Crippen MR) is 81.1 cm³/mol. The average Bonchev–Trinajstić information content (AvgIpc) is 2.43. The Morgan fingerprint density at radius 2 is 2.05 bits per heavy atom. The first-order valence-electron chi connectivity index (χ1n) is 7.47. The van der Waals surface area contributed by atoms with E-state index in [1.807, 2.05) is 6.92 Å². The van der Waals surface area contributed by atoms with Gasteiger partial charge >= 0.3 is 0 Å². The van der Waals surface area contributed by atoms with Gasteiger partial charge in [-0.25, -0.2) is 9.97 Å². The molecule has 19 heavy (non-hydrogen) atoms. The Balaban J connectivity index is 2.34. The fourth-order valence-electron chi connectivity index (χ4n) is 2.87. The number of halogens is 1. The van der Waals surface area contributed by atoms with E-state index in [-0.39, 0.29) is 0 Å². The third-order valence-electron chi connectivity index (χ3n) is 3.94. The smallest absolute Gasteiger partial charge is 0.137 e. The predicted octanol–water partition coefficient (Wildman–Crippen LogP) is 4.16. The summed E-state index contributed by atoms with van der Waals surface area (Å²) >= 11 is 6.26. The zero-order valence-corrected chi connectivity index (χ0v) is 13.0. The van der Waals surface area contributed by atoms with Crippen molar-refractivity contribution in [2.24, 2.45) is 0 Å². The molecular formula is C15H24ClN3. The van der Waals surface area contributed by atoms with E-state index in [4.69, 9.17) is 16.6 Å². The molecule has 0 amide bonds. The van der Waals surface area contributed by atoms with E-state index in [1.54, 1.807) is 0 Å². The van der Waals surface area contributed by atoms with Crippen molar-refractivity contribution in [1.82, 2.24) is 9.97 Å². The number of hydrogen-bond acceptors (Lipinski definition) is 3. The summed E-state index contributed by atoms with van der Waals surface area (Å²) in [5.74, 6) is 1.92. The minimum Gasteiger partial charge on any atom is -0.353 e.